The van der Waals surface area contributed by atoms with Crippen molar-refractivity contribution >= 4 is 24.1 Å². The molecule has 2 N–H and O–H groups in total. The molecule has 0 saturated carbocycles. The van der Waals surface area contributed by atoms with E-state index in [0.29, 0.717) is 5.95 Å². The van der Waals surface area contributed by atoms with Crippen molar-refractivity contribution in [3.05, 3.63) is 59.7 Å². The molecule has 2 aliphatic rings. The van der Waals surface area contributed by atoms with Crippen LogP contribution >= 0.6 is 0 Å². The number of anilines is 2. The van der Waals surface area contributed by atoms with Crippen LogP contribution in [0.2, 0.25) is 0 Å². The maximum absolute atomic E-state index is 7.88. The van der Waals surface area contributed by atoms with Crippen LogP contribution in [-0.4, -0.2) is 85.7 Å². The SMILES string of the molecule is CC(C)N=CC(C=N)c1ccc(-c2c3c(nn2C)CCc2cnc(Nc4cnn(CCN5CCOCC5)c4)nc2-3)cc1. The van der Waals surface area contributed by atoms with Gasteiger partial charge in [0.2, 0.25) is 5.95 Å². The quantitative estimate of drug-likeness (QED) is 0.277. The first-order valence-corrected chi connectivity index (χ1v) is 14.6. The first kappa shape index (κ1) is 27.9. The Morgan fingerprint density at radius 1 is 1.10 bits per heavy atom. The summed E-state index contributed by atoms with van der Waals surface area (Å²) in [5.41, 5.74) is 8.12. The summed E-state index contributed by atoms with van der Waals surface area (Å²) in [4.78, 5) is 16.5. The average Bonchev–Trinajstić information content (AvgIpc) is 3.60. The molecule has 0 amide bonds. The predicted molar refractivity (Wildman–Crippen MR) is 165 cm³/mol. The molecule has 0 bridgehead atoms. The standard InChI is InChI=1S/C31H38N10O/c1-21(2)33-18-25(16-32)22-4-6-23(7-5-22)30-28-27(38-39(30)3)9-8-24-17-34-31(37-29(24)28)36-26-19-35-41(20-26)11-10-40-12-14-42-15-13-40/h4-7,16-21,25,32H,8-15H2,1-3H3,(H,34,36,37). The highest BCUT2D eigenvalue weighted by atomic mass is 16.5. The lowest BCUT2D eigenvalue weighted by Crippen LogP contribution is -2.38. The molecule has 1 atom stereocenters. The number of fused-ring (bicyclic) bond motifs is 3. The van der Waals surface area contributed by atoms with Crippen molar-refractivity contribution in [2.24, 2.45) is 12.0 Å². The zero-order valence-electron chi connectivity index (χ0n) is 24.5. The smallest absolute Gasteiger partial charge is 0.227 e. The van der Waals surface area contributed by atoms with Gasteiger partial charge in [0.15, 0.2) is 0 Å². The van der Waals surface area contributed by atoms with Crippen molar-refractivity contribution in [1.82, 2.24) is 34.4 Å². The van der Waals surface area contributed by atoms with Crippen LogP contribution in [0, 0.1) is 5.41 Å². The Balaban J connectivity index is 1.23. The molecule has 1 unspecified atom stereocenters. The van der Waals surface area contributed by atoms with E-state index in [1.54, 1.807) is 0 Å². The van der Waals surface area contributed by atoms with Gasteiger partial charge in [-0.05, 0) is 37.8 Å². The highest BCUT2D eigenvalue weighted by Crippen LogP contribution is 2.40. The van der Waals surface area contributed by atoms with Crippen molar-refractivity contribution in [2.75, 3.05) is 38.2 Å². The Kier molecular flexibility index (Phi) is 8.20. The maximum Gasteiger partial charge on any atom is 0.227 e. The second-order valence-electron chi connectivity index (χ2n) is 11.1. The number of hydrogen-bond acceptors (Lipinski definition) is 9. The summed E-state index contributed by atoms with van der Waals surface area (Å²) < 4.78 is 9.35. The third-order valence-electron chi connectivity index (χ3n) is 7.78. The number of rotatable bonds is 10. The maximum atomic E-state index is 7.88. The molecule has 4 heterocycles. The van der Waals surface area contributed by atoms with Gasteiger partial charge in [-0.2, -0.15) is 10.2 Å². The highest BCUT2D eigenvalue weighted by Gasteiger charge is 2.27. The topological polar surface area (TPSA) is 122 Å². The minimum Gasteiger partial charge on any atom is -0.379 e. The van der Waals surface area contributed by atoms with E-state index in [1.807, 2.05) is 55.1 Å². The van der Waals surface area contributed by atoms with Gasteiger partial charge < -0.3 is 15.5 Å². The second kappa shape index (κ2) is 12.3. The third kappa shape index (κ3) is 6.02. The first-order chi connectivity index (χ1) is 20.5. The fourth-order valence-electron chi connectivity index (χ4n) is 5.56. The predicted octanol–water partition coefficient (Wildman–Crippen LogP) is 4.13. The van der Waals surface area contributed by atoms with Gasteiger partial charge in [0.05, 0.1) is 54.6 Å². The monoisotopic (exact) mass is 566 g/mol. The van der Waals surface area contributed by atoms with Gasteiger partial charge >= 0.3 is 0 Å². The van der Waals surface area contributed by atoms with Gasteiger partial charge in [0.25, 0.3) is 0 Å². The fraction of sp³-hybridized carbons (Fsp3) is 0.419. The number of morpholine rings is 1. The van der Waals surface area contributed by atoms with Crippen LogP contribution in [0.1, 0.15) is 36.6 Å². The van der Waals surface area contributed by atoms with Crippen molar-refractivity contribution in [3.8, 4) is 22.5 Å². The van der Waals surface area contributed by atoms with E-state index < -0.39 is 0 Å². The Bertz CT molecular complexity index is 1560. The molecule has 1 aliphatic heterocycles. The molecule has 1 fully saturated rings. The number of nitrogens with zero attached hydrogens (tertiary/aromatic N) is 8. The number of nitrogens with one attached hydrogen (secondary N) is 2. The molecule has 6 rings (SSSR count). The molecule has 0 spiro atoms. The summed E-state index contributed by atoms with van der Waals surface area (Å²) in [7, 11) is 1.99. The van der Waals surface area contributed by atoms with Crippen LogP contribution in [0.3, 0.4) is 0 Å². The van der Waals surface area contributed by atoms with Gasteiger partial charge in [-0.25, -0.2) is 9.97 Å². The molecule has 1 aromatic carbocycles. The highest BCUT2D eigenvalue weighted by molar-refractivity contribution is 5.90. The van der Waals surface area contributed by atoms with Crippen LogP contribution < -0.4 is 5.32 Å². The van der Waals surface area contributed by atoms with E-state index in [-0.39, 0.29) is 12.0 Å². The zero-order valence-corrected chi connectivity index (χ0v) is 24.5. The lowest BCUT2D eigenvalue weighted by Gasteiger charge is -2.26. The second-order valence-corrected chi connectivity index (χ2v) is 11.1. The van der Waals surface area contributed by atoms with E-state index in [9.17, 15) is 0 Å². The van der Waals surface area contributed by atoms with E-state index in [2.05, 4.69) is 49.6 Å². The van der Waals surface area contributed by atoms with E-state index in [1.165, 1.54) is 6.21 Å². The van der Waals surface area contributed by atoms with Gasteiger partial charge in [-0.15, -0.1) is 0 Å². The van der Waals surface area contributed by atoms with E-state index in [4.69, 9.17) is 20.2 Å². The van der Waals surface area contributed by atoms with Crippen LogP contribution in [0.15, 0.2) is 47.8 Å². The third-order valence-corrected chi connectivity index (χ3v) is 7.78. The Labute approximate surface area is 246 Å². The fourth-order valence-corrected chi connectivity index (χ4v) is 5.56. The Morgan fingerprint density at radius 3 is 2.67 bits per heavy atom. The molecule has 42 heavy (non-hydrogen) atoms. The molecule has 1 saturated heterocycles. The van der Waals surface area contributed by atoms with Crippen LogP contribution in [0.25, 0.3) is 22.5 Å². The molecular formula is C31H38N10O. The largest absolute Gasteiger partial charge is 0.379 e. The van der Waals surface area contributed by atoms with Gasteiger partial charge in [0, 0.05) is 68.7 Å². The Hall–Kier alpha value is -4.22. The minimum atomic E-state index is -0.146. The minimum absolute atomic E-state index is 0.146. The number of ether oxygens (including phenoxy) is 1. The summed E-state index contributed by atoms with van der Waals surface area (Å²) in [6.07, 6.45) is 10.7. The molecule has 4 aromatic rings. The molecule has 0 radical (unpaired) electrons. The van der Waals surface area contributed by atoms with Crippen molar-refractivity contribution in [1.29, 1.82) is 5.41 Å². The number of aromatic nitrogens is 6. The molecule has 218 valence electrons. The summed E-state index contributed by atoms with van der Waals surface area (Å²) in [6.45, 7) is 9.37. The number of aryl methyl sites for hydroxylation is 3. The average molecular weight is 567 g/mol. The molecule has 11 nitrogen and oxygen atoms in total. The van der Waals surface area contributed by atoms with Crippen LogP contribution in [0.4, 0.5) is 11.6 Å². The summed E-state index contributed by atoms with van der Waals surface area (Å²) in [5.74, 6) is 0.394. The summed E-state index contributed by atoms with van der Waals surface area (Å²) in [6, 6.07) is 8.55. The molecule has 1 aliphatic carbocycles. The molecule has 3 aromatic heterocycles. The van der Waals surface area contributed by atoms with Crippen LogP contribution in [0.5, 0.6) is 0 Å². The molecular weight excluding hydrogens is 528 g/mol. The Morgan fingerprint density at radius 2 is 1.90 bits per heavy atom. The number of hydrogen-bond donors (Lipinski definition) is 2. The van der Waals surface area contributed by atoms with Crippen LogP contribution in [-0.2, 0) is 31.2 Å². The van der Waals surface area contributed by atoms with Gasteiger partial charge in [-0.3, -0.25) is 19.3 Å². The van der Waals surface area contributed by atoms with Crippen molar-refractivity contribution in [2.45, 2.75) is 45.2 Å². The summed E-state index contributed by atoms with van der Waals surface area (Å²) >= 11 is 0. The lowest BCUT2D eigenvalue weighted by atomic mass is 9.91. The van der Waals surface area contributed by atoms with E-state index >= 15 is 0 Å². The number of aliphatic imine (C=N–C) groups is 1. The summed E-state index contributed by atoms with van der Waals surface area (Å²) in [5, 5.41) is 20.6. The van der Waals surface area contributed by atoms with Crippen molar-refractivity contribution < 1.29 is 4.74 Å². The van der Waals surface area contributed by atoms with Gasteiger partial charge in [0.1, 0.15) is 0 Å². The lowest BCUT2D eigenvalue weighted by molar-refractivity contribution is 0.0360. The van der Waals surface area contributed by atoms with Gasteiger partial charge in [-0.1, -0.05) is 24.3 Å². The zero-order chi connectivity index (χ0) is 29.1. The number of benzene rings is 1. The van der Waals surface area contributed by atoms with E-state index in [0.717, 1.165) is 97.3 Å². The normalized spacial score (nSPS) is 16.0. The molecule has 11 heteroatoms. The van der Waals surface area contributed by atoms with Crippen molar-refractivity contribution in [3.63, 3.8) is 0 Å². The first-order valence-electron chi connectivity index (χ1n) is 14.6.